The summed E-state index contributed by atoms with van der Waals surface area (Å²) >= 11 is 0. The van der Waals surface area contributed by atoms with E-state index >= 15 is 0 Å². The van der Waals surface area contributed by atoms with Crippen molar-refractivity contribution in [2.45, 2.75) is 19.8 Å². The lowest BCUT2D eigenvalue weighted by atomic mass is 10.4. The predicted molar refractivity (Wildman–Crippen MR) is 40.7 cm³/mol. The van der Waals surface area contributed by atoms with Gasteiger partial charge in [-0.3, -0.25) is 0 Å². The van der Waals surface area contributed by atoms with Crippen molar-refractivity contribution in [3.05, 3.63) is 0 Å². The molecule has 10 heavy (non-hydrogen) atoms. The Balaban J connectivity index is 2.65. The van der Waals surface area contributed by atoms with Gasteiger partial charge in [-0.1, -0.05) is 13.3 Å². The van der Waals surface area contributed by atoms with Gasteiger partial charge >= 0.3 is 0 Å². The molecule has 0 aromatic rings. The highest BCUT2D eigenvalue weighted by Gasteiger charge is 1.86. The molecule has 62 valence electrons. The van der Waals surface area contributed by atoms with E-state index in [2.05, 4.69) is 6.92 Å². The van der Waals surface area contributed by atoms with Crippen LogP contribution in [0, 0.1) is 0 Å². The van der Waals surface area contributed by atoms with E-state index < -0.39 is 0 Å². The number of unbranched alkanes of at least 4 members (excludes halogenated alkanes) is 1. The van der Waals surface area contributed by atoms with Gasteiger partial charge in [0.15, 0.2) is 0 Å². The molecule has 2 N–H and O–H groups in total. The first kappa shape index (κ1) is 9.88. The molecule has 0 aliphatic carbocycles. The summed E-state index contributed by atoms with van der Waals surface area (Å²) in [5, 5.41) is 0. The molecule has 0 atom stereocenters. The van der Waals surface area contributed by atoms with E-state index in [0.717, 1.165) is 13.0 Å². The van der Waals surface area contributed by atoms with Crippen molar-refractivity contribution in [1.29, 1.82) is 0 Å². The van der Waals surface area contributed by atoms with E-state index in [1.807, 2.05) is 0 Å². The zero-order valence-corrected chi connectivity index (χ0v) is 6.64. The molecule has 0 bridgehead atoms. The van der Waals surface area contributed by atoms with Crippen LogP contribution in [0.2, 0.25) is 0 Å². The van der Waals surface area contributed by atoms with Crippen LogP contribution in [0.25, 0.3) is 0 Å². The Kier molecular flexibility index (Phi) is 8.77. The van der Waals surface area contributed by atoms with E-state index in [4.69, 9.17) is 15.2 Å². The Morgan fingerprint density at radius 3 is 2.40 bits per heavy atom. The minimum atomic E-state index is 0.289. The minimum absolute atomic E-state index is 0.289. The molecule has 0 radical (unpaired) electrons. The van der Waals surface area contributed by atoms with Gasteiger partial charge in [0.2, 0.25) is 0 Å². The summed E-state index contributed by atoms with van der Waals surface area (Å²) < 4.78 is 10.1. The first-order valence-corrected chi connectivity index (χ1v) is 3.77. The number of nitrogens with two attached hydrogens (primary N) is 1. The summed E-state index contributed by atoms with van der Waals surface area (Å²) in [5.74, 6) is 0. The molecular formula is C7H17NO2. The lowest BCUT2D eigenvalue weighted by Crippen LogP contribution is -2.10. The van der Waals surface area contributed by atoms with E-state index in [-0.39, 0.29) is 6.73 Å². The van der Waals surface area contributed by atoms with Gasteiger partial charge in [0, 0.05) is 6.61 Å². The SMILES string of the molecule is CCCCOCCOCN. The Hall–Kier alpha value is -0.120. The monoisotopic (exact) mass is 147 g/mol. The first-order valence-electron chi connectivity index (χ1n) is 3.77. The van der Waals surface area contributed by atoms with Crippen LogP contribution in [0.1, 0.15) is 19.8 Å². The quantitative estimate of drug-likeness (QED) is 0.426. The summed E-state index contributed by atoms with van der Waals surface area (Å²) in [6, 6.07) is 0. The van der Waals surface area contributed by atoms with Gasteiger partial charge in [0.25, 0.3) is 0 Å². The Labute approximate surface area is 62.5 Å². The summed E-state index contributed by atoms with van der Waals surface area (Å²) in [5.41, 5.74) is 5.09. The third-order valence-electron chi connectivity index (χ3n) is 1.13. The van der Waals surface area contributed by atoms with Crippen LogP contribution in [0.4, 0.5) is 0 Å². The highest BCUT2D eigenvalue weighted by Crippen LogP contribution is 1.86. The summed E-state index contributed by atoms with van der Waals surface area (Å²) in [6.45, 7) is 4.54. The van der Waals surface area contributed by atoms with Crippen molar-refractivity contribution in [3.8, 4) is 0 Å². The first-order chi connectivity index (χ1) is 4.91. The van der Waals surface area contributed by atoms with Crippen LogP contribution in [-0.4, -0.2) is 26.6 Å². The fourth-order valence-electron chi connectivity index (χ4n) is 0.550. The van der Waals surface area contributed by atoms with Gasteiger partial charge in [-0.15, -0.1) is 0 Å². The summed E-state index contributed by atoms with van der Waals surface area (Å²) in [6.07, 6.45) is 2.31. The number of ether oxygens (including phenoxy) is 2. The number of hydrogen-bond acceptors (Lipinski definition) is 3. The largest absolute Gasteiger partial charge is 0.379 e. The maximum Gasteiger partial charge on any atom is 0.0941 e. The summed E-state index contributed by atoms with van der Waals surface area (Å²) in [7, 11) is 0. The van der Waals surface area contributed by atoms with Crippen molar-refractivity contribution >= 4 is 0 Å². The Morgan fingerprint density at radius 1 is 1.10 bits per heavy atom. The van der Waals surface area contributed by atoms with Crippen molar-refractivity contribution in [2.75, 3.05) is 26.6 Å². The second-order valence-electron chi connectivity index (χ2n) is 2.04. The third-order valence-corrected chi connectivity index (χ3v) is 1.13. The molecule has 0 rings (SSSR count). The molecule has 0 aliphatic rings. The van der Waals surface area contributed by atoms with Gasteiger partial charge in [0.05, 0.1) is 19.9 Å². The molecule has 0 saturated carbocycles. The van der Waals surface area contributed by atoms with Crippen LogP contribution < -0.4 is 5.73 Å². The predicted octanol–water partition coefficient (Wildman–Crippen LogP) is 0.736. The molecule has 0 amide bonds. The maximum absolute atomic E-state index is 5.20. The average molecular weight is 147 g/mol. The van der Waals surface area contributed by atoms with Crippen molar-refractivity contribution in [2.24, 2.45) is 5.73 Å². The van der Waals surface area contributed by atoms with Gasteiger partial charge < -0.3 is 15.2 Å². The van der Waals surface area contributed by atoms with Gasteiger partial charge in [-0.25, -0.2) is 0 Å². The zero-order valence-electron chi connectivity index (χ0n) is 6.64. The molecule has 3 nitrogen and oxygen atoms in total. The fourth-order valence-corrected chi connectivity index (χ4v) is 0.550. The van der Waals surface area contributed by atoms with Crippen LogP contribution in [0.3, 0.4) is 0 Å². The zero-order chi connectivity index (χ0) is 7.66. The molecule has 0 aromatic heterocycles. The summed E-state index contributed by atoms with van der Waals surface area (Å²) in [4.78, 5) is 0. The Morgan fingerprint density at radius 2 is 1.80 bits per heavy atom. The van der Waals surface area contributed by atoms with E-state index in [1.165, 1.54) is 6.42 Å². The molecule has 3 heteroatoms. The van der Waals surface area contributed by atoms with Crippen LogP contribution in [0.15, 0.2) is 0 Å². The molecular weight excluding hydrogens is 130 g/mol. The lowest BCUT2D eigenvalue weighted by Gasteiger charge is -2.01. The molecule has 0 aromatic carbocycles. The Bertz CT molecular complexity index is 51.6. The van der Waals surface area contributed by atoms with Crippen molar-refractivity contribution < 1.29 is 9.47 Å². The minimum Gasteiger partial charge on any atom is -0.379 e. The fraction of sp³-hybridized carbons (Fsp3) is 1.00. The van der Waals surface area contributed by atoms with E-state index in [0.29, 0.717) is 13.2 Å². The molecule has 0 spiro atoms. The highest BCUT2D eigenvalue weighted by molar-refractivity contribution is 4.32. The van der Waals surface area contributed by atoms with Crippen molar-refractivity contribution in [1.82, 2.24) is 0 Å². The van der Waals surface area contributed by atoms with Gasteiger partial charge in [-0.05, 0) is 6.42 Å². The highest BCUT2D eigenvalue weighted by atomic mass is 16.5. The molecule has 0 aliphatic heterocycles. The molecule has 0 fully saturated rings. The second kappa shape index (κ2) is 8.88. The van der Waals surface area contributed by atoms with E-state index in [9.17, 15) is 0 Å². The van der Waals surface area contributed by atoms with Crippen LogP contribution in [-0.2, 0) is 9.47 Å². The lowest BCUT2D eigenvalue weighted by molar-refractivity contribution is 0.0492. The average Bonchev–Trinajstić information content (AvgIpc) is 1.97. The van der Waals surface area contributed by atoms with Gasteiger partial charge in [-0.2, -0.15) is 0 Å². The molecule has 0 unspecified atom stereocenters. The second-order valence-corrected chi connectivity index (χ2v) is 2.04. The maximum atomic E-state index is 5.20. The van der Waals surface area contributed by atoms with Crippen LogP contribution in [0.5, 0.6) is 0 Å². The number of rotatable bonds is 7. The topological polar surface area (TPSA) is 44.5 Å². The normalized spacial score (nSPS) is 10.2. The smallest absolute Gasteiger partial charge is 0.0941 e. The third kappa shape index (κ3) is 7.88. The van der Waals surface area contributed by atoms with Gasteiger partial charge in [0.1, 0.15) is 0 Å². The van der Waals surface area contributed by atoms with E-state index in [1.54, 1.807) is 0 Å². The molecule has 0 heterocycles. The number of hydrogen-bond donors (Lipinski definition) is 1. The van der Waals surface area contributed by atoms with Crippen LogP contribution >= 0.6 is 0 Å². The molecule has 0 saturated heterocycles. The standard InChI is InChI=1S/C7H17NO2/c1-2-3-4-9-5-6-10-7-8/h2-8H2,1H3. The van der Waals surface area contributed by atoms with Crippen molar-refractivity contribution in [3.63, 3.8) is 0 Å².